The lowest BCUT2D eigenvalue weighted by Crippen LogP contribution is -2.10. The van der Waals surface area contributed by atoms with Crippen LogP contribution in [-0.2, 0) is 12.8 Å². The summed E-state index contributed by atoms with van der Waals surface area (Å²) < 4.78 is 8.38. The number of pyridine rings is 1. The SMILES string of the molecule is CCCc1c2c(nc3c1c(C)nn3-c1ccccc1)Oc1ccc3ccccc3c1C2. The Morgan fingerprint density at radius 3 is 2.58 bits per heavy atom. The third kappa shape index (κ3) is 2.75. The van der Waals surface area contributed by atoms with Crippen LogP contribution in [0.2, 0.25) is 0 Å². The molecule has 0 spiro atoms. The highest BCUT2D eigenvalue weighted by molar-refractivity contribution is 5.90. The lowest BCUT2D eigenvalue weighted by atomic mass is 9.91. The Hall–Kier alpha value is -3.66. The van der Waals surface area contributed by atoms with Gasteiger partial charge in [0, 0.05) is 22.9 Å². The van der Waals surface area contributed by atoms with E-state index in [1.165, 1.54) is 27.5 Å². The van der Waals surface area contributed by atoms with Crippen molar-refractivity contribution in [2.45, 2.75) is 33.1 Å². The number of hydrogen-bond donors (Lipinski definition) is 0. The standard InChI is InChI=1S/C27H23N3O/c1-3-9-21-23-16-22-20-13-8-7-10-18(20)14-15-24(22)31-27(23)28-26-25(21)17(2)29-30(26)19-11-5-4-6-12-19/h4-8,10-15H,3,9,16H2,1-2H3. The zero-order chi connectivity index (χ0) is 20.9. The van der Waals surface area contributed by atoms with Gasteiger partial charge >= 0.3 is 0 Å². The van der Waals surface area contributed by atoms with Crippen LogP contribution < -0.4 is 4.74 Å². The lowest BCUT2D eigenvalue weighted by molar-refractivity contribution is 0.442. The summed E-state index contributed by atoms with van der Waals surface area (Å²) in [7, 11) is 0. The molecule has 0 radical (unpaired) electrons. The first-order valence-electron chi connectivity index (χ1n) is 10.9. The van der Waals surface area contributed by atoms with Crippen LogP contribution in [0.4, 0.5) is 0 Å². The molecule has 0 saturated heterocycles. The van der Waals surface area contributed by atoms with E-state index in [-0.39, 0.29) is 0 Å². The second kappa shape index (κ2) is 6.95. The summed E-state index contributed by atoms with van der Waals surface area (Å²) in [5, 5.41) is 8.53. The van der Waals surface area contributed by atoms with E-state index in [0.717, 1.165) is 53.3 Å². The molecule has 0 aliphatic carbocycles. The van der Waals surface area contributed by atoms with Crippen molar-refractivity contribution < 1.29 is 4.74 Å². The maximum atomic E-state index is 6.43. The van der Waals surface area contributed by atoms with Crippen molar-refractivity contribution in [1.82, 2.24) is 14.8 Å². The summed E-state index contributed by atoms with van der Waals surface area (Å²) in [4.78, 5) is 5.01. The molecule has 4 nitrogen and oxygen atoms in total. The summed E-state index contributed by atoms with van der Waals surface area (Å²) in [5.74, 6) is 1.62. The normalized spacial score (nSPS) is 12.6. The molecule has 3 heterocycles. The van der Waals surface area contributed by atoms with Gasteiger partial charge in [-0.1, -0.05) is 61.9 Å². The number of rotatable bonds is 3. The fourth-order valence-electron chi connectivity index (χ4n) is 4.83. The highest BCUT2D eigenvalue weighted by Gasteiger charge is 2.27. The topological polar surface area (TPSA) is 39.9 Å². The van der Waals surface area contributed by atoms with Gasteiger partial charge in [-0.25, -0.2) is 4.68 Å². The molecular formula is C27H23N3O. The fraction of sp³-hybridized carbons (Fsp3) is 0.185. The molecule has 0 amide bonds. The zero-order valence-electron chi connectivity index (χ0n) is 17.7. The average molecular weight is 406 g/mol. The Morgan fingerprint density at radius 1 is 0.935 bits per heavy atom. The predicted octanol–water partition coefficient (Wildman–Crippen LogP) is 6.53. The van der Waals surface area contributed by atoms with E-state index in [0.29, 0.717) is 0 Å². The number of ether oxygens (including phenoxy) is 1. The number of nitrogens with zero attached hydrogens (tertiary/aromatic N) is 3. The van der Waals surface area contributed by atoms with Gasteiger partial charge < -0.3 is 4.74 Å². The number of benzene rings is 3. The number of aromatic nitrogens is 3. The van der Waals surface area contributed by atoms with Gasteiger partial charge in [0.15, 0.2) is 5.65 Å². The predicted molar refractivity (Wildman–Crippen MR) is 124 cm³/mol. The summed E-state index contributed by atoms with van der Waals surface area (Å²) in [6.45, 7) is 4.31. The number of hydrogen-bond acceptors (Lipinski definition) is 3. The lowest BCUT2D eigenvalue weighted by Gasteiger charge is -2.24. The summed E-state index contributed by atoms with van der Waals surface area (Å²) >= 11 is 0. The van der Waals surface area contributed by atoms with E-state index >= 15 is 0 Å². The second-order valence-electron chi connectivity index (χ2n) is 8.20. The van der Waals surface area contributed by atoms with Crippen molar-refractivity contribution in [1.29, 1.82) is 0 Å². The van der Waals surface area contributed by atoms with Crippen molar-refractivity contribution in [3.05, 3.63) is 89.1 Å². The monoisotopic (exact) mass is 405 g/mol. The molecule has 0 atom stereocenters. The number of para-hydroxylation sites is 1. The molecule has 0 fully saturated rings. The van der Waals surface area contributed by atoms with Crippen LogP contribution in [-0.4, -0.2) is 14.8 Å². The Bertz CT molecular complexity index is 1450. The minimum absolute atomic E-state index is 0.718. The smallest absolute Gasteiger partial charge is 0.225 e. The molecule has 31 heavy (non-hydrogen) atoms. The van der Waals surface area contributed by atoms with Crippen molar-refractivity contribution in [2.24, 2.45) is 0 Å². The molecular weight excluding hydrogens is 382 g/mol. The summed E-state index contributed by atoms with van der Waals surface area (Å²) in [6.07, 6.45) is 2.87. The maximum Gasteiger partial charge on any atom is 0.225 e. The van der Waals surface area contributed by atoms with Crippen LogP contribution in [0.15, 0.2) is 66.7 Å². The van der Waals surface area contributed by atoms with E-state index in [1.54, 1.807) is 0 Å². The summed E-state index contributed by atoms with van der Waals surface area (Å²) in [5.41, 5.74) is 6.67. The van der Waals surface area contributed by atoms with Crippen LogP contribution >= 0.6 is 0 Å². The molecule has 1 aliphatic heterocycles. The van der Waals surface area contributed by atoms with Gasteiger partial charge in [0.05, 0.1) is 11.4 Å². The minimum atomic E-state index is 0.718. The van der Waals surface area contributed by atoms with Crippen LogP contribution in [0.1, 0.15) is 35.7 Å². The van der Waals surface area contributed by atoms with Gasteiger partial charge in [0.25, 0.3) is 0 Å². The van der Waals surface area contributed by atoms with Crippen LogP contribution in [0.3, 0.4) is 0 Å². The van der Waals surface area contributed by atoms with Crippen molar-refractivity contribution in [3.8, 4) is 17.3 Å². The highest BCUT2D eigenvalue weighted by atomic mass is 16.5. The Morgan fingerprint density at radius 2 is 1.74 bits per heavy atom. The molecule has 6 rings (SSSR count). The van der Waals surface area contributed by atoms with Gasteiger partial charge in [-0.3, -0.25) is 0 Å². The Kier molecular flexibility index (Phi) is 4.06. The second-order valence-corrected chi connectivity index (χ2v) is 8.20. The van der Waals surface area contributed by atoms with Gasteiger partial charge in [0.1, 0.15) is 5.75 Å². The molecule has 5 aromatic rings. The molecule has 2 aromatic heterocycles. The van der Waals surface area contributed by atoms with Crippen LogP contribution in [0, 0.1) is 6.92 Å². The molecule has 0 saturated carbocycles. The molecule has 0 N–H and O–H groups in total. The number of fused-ring (bicyclic) bond motifs is 5. The van der Waals surface area contributed by atoms with E-state index in [9.17, 15) is 0 Å². The maximum absolute atomic E-state index is 6.43. The minimum Gasteiger partial charge on any atom is -0.438 e. The molecule has 152 valence electrons. The average Bonchev–Trinajstić information content (AvgIpc) is 3.14. The van der Waals surface area contributed by atoms with E-state index < -0.39 is 0 Å². The Labute approximate surface area is 181 Å². The molecule has 0 bridgehead atoms. The van der Waals surface area contributed by atoms with Crippen LogP contribution in [0.25, 0.3) is 27.5 Å². The fourth-order valence-corrected chi connectivity index (χ4v) is 4.83. The third-order valence-electron chi connectivity index (χ3n) is 6.23. The van der Waals surface area contributed by atoms with Gasteiger partial charge in [0.2, 0.25) is 5.88 Å². The quantitative estimate of drug-likeness (QED) is 0.336. The van der Waals surface area contributed by atoms with Gasteiger partial charge in [-0.2, -0.15) is 10.1 Å². The molecule has 1 aliphatic rings. The highest BCUT2D eigenvalue weighted by Crippen LogP contribution is 2.43. The Balaban J connectivity index is 1.62. The van der Waals surface area contributed by atoms with E-state index in [4.69, 9.17) is 14.8 Å². The van der Waals surface area contributed by atoms with Crippen molar-refractivity contribution >= 4 is 21.8 Å². The van der Waals surface area contributed by atoms with Gasteiger partial charge in [-0.15, -0.1) is 0 Å². The molecule has 3 aromatic carbocycles. The summed E-state index contributed by atoms with van der Waals surface area (Å²) in [6, 6.07) is 22.9. The number of aryl methyl sites for hydroxylation is 2. The zero-order valence-corrected chi connectivity index (χ0v) is 17.7. The first kappa shape index (κ1) is 18.1. The first-order chi connectivity index (χ1) is 15.2. The van der Waals surface area contributed by atoms with E-state index in [1.807, 2.05) is 22.9 Å². The first-order valence-corrected chi connectivity index (χ1v) is 10.9. The van der Waals surface area contributed by atoms with Crippen molar-refractivity contribution in [2.75, 3.05) is 0 Å². The van der Waals surface area contributed by atoms with E-state index in [2.05, 4.69) is 62.4 Å². The van der Waals surface area contributed by atoms with Crippen molar-refractivity contribution in [3.63, 3.8) is 0 Å². The third-order valence-corrected chi connectivity index (χ3v) is 6.23. The molecule has 0 unspecified atom stereocenters. The van der Waals surface area contributed by atoms with Gasteiger partial charge in [-0.05, 0) is 47.9 Å². The largest absolute Gasteiger partial charge is 0.438 e. The molecule has 4 heteroatoms. The van der Waals surface area contributed by atoms with Crippen LogP contribution in [0.5, 0.6) is 11.6 Å².